The Morgan fingerprint density at radius 1 is 1.10 bits per heavy atom. The Hall–Kier alpha value is -2.09. The lowest BCUT2D eigenvalue weighted by Gasteiger charge is -2.17. The molecule has 2 aromatic rings. The van der Waals surface area contributed by atoms with Gasteiger partial charge in [-0.25, -0.2) is 0 Å². The van der Waals surface area contributed by atoms with Crippen LogP contribution in [0.1, 0.15) is 24.8 Å². The minimum atomic E-state index is 0.169. The van der Waals surface area contributed by atoms with Gasteiger partial charge in [0.05, 0.1) is 0 Å². The summed E-state index contributed by atoms with van der Waals surface area (Å²) in [6.07, 6.45) is 8.08. The fraction of sp³-hybridized carbons (Fsp3) is 0.316. The number of amides is 1. The Morgan fingerprint density at radius 3 is 2.81 bits per heavy atom. The lowest BCUT2D eigenvalue weighted by atomic mass is 9.93. The van der Waals surface area contributed by atoms with Crippen molar-refractivity contribution in [3.63, 3.8) is 0 Å². The van der Waals surface area contributed by atoms with Gasteiger partial charge in [0.2, 0.25) is 5.91 Å². The first-order valence-electron chi connectivity index (χ1n) is 7.74. The highest BCUT2D eigenvalue weighted by molar-refractivity contribution is 5.85. The summed E-state index contributed by atoms with van der Waals surface area (Å²) < 4.78 is 0. The van der Waals surface area contributed by atoms with Crippen molar-refractivity contribution in [2.45, 2.75) is 25.7 Å². The average molecular weight is 279 g/mol. The number of rotatable bonds is 4. The molecule has 1 unspecified atom stereocenters. The molecule has 0 radical (unpaired) electrons. The second-order valence-corrected chi connectivity index (χ2v) is 5.66. The van der Waals surface area contributed by atoms with Crippen molar-refractivity contribution < 1.29 is 4.79 Å². The van der Waals surface area contributed by atoms with Crippen molar-refractivity contribution in [3.05, 3.63) is 60.2 Å². The van der Waals surface area contributed by atoms with Gasteiger partial charge in [0.25, 0.3) is 0 Å². The van der Waals surface area contributed by atoms with E-state index in [9.17, 15) is 4.79 Å². The fourth-order valence-corrected chi connectivity index (χ4v) is 3.01. The van der Waals surface area contributed by atoms with Crippen LogP contribution in [0, 0.1) is 5.92 Å². The van der Waals surface area contributed by atoms with Gasteiger partial charge in [0.15, 0.2) is 0 Å². The first-order valence-corrected chi connectivity index (χ1v) is 7.74. The number of fused-ring (bicyclic) bond motifs is 1. The van der Waals surface area contributed by atoms with E-state index in [0.717, 1.165) is 25.7 Å². The van der Waals surface area contributed by atoms with Gasteiger partial charge in [-0.2, -0.15) is 0 Å². The average Bonchev–Trinajstić information content (AvgIpc) is 2.56. The van der Waals surface area contributed by atoms with E-state index >= 15 is 0 Å². The summed E-state index contributed by atoms with van der Waals surface area (Å²) in [5.41, 5.74) is 1.30. The van der Waals surface area contributed by atoms with E-state index in [4.69, 9.17) is 0 Å². The Balaban J connectivity index is 1.59. The second-order valence-electron chi connectivity index (χ2n) is 5.66. The molecule has 108 valence electrons. The van der Waals surface area contributed by atoms with E-state index in [2.05, 4.69) is 59.9 Å². The topological polar surface area (TPSA) is 29.1 Å². The van der Waals surface area contributed by atoms with Gasteiger partial charge in [0, 0.05) is 12.5 Å². The molecule has 1 atom stereocenters. The molecule has 0 heterocycles. The minimum Gasteiger partial charge on any atom is -0.356 e. The second kappa shape index (κ2) is 6.57. The van der Waals surface area contributed by atoms with Crippen LogP contribution in [0.4, 0.5) is 0 Å². The van der Waals surface area contributed by atoms with E-state index in [1.54, 1.807) is 0 Å². The Bertz CT molecular complexity index is 654. The van der Waals surface area contributed by atoms with Gasteiger partial charge in [-0.1, -0.05) is 54.6 Å². The number of allylic oxidation sites excluding steroid dienone is 2. The highest BCUT2D eigenvalue weighted by Crippen LogP contribution is 2.20. The summed E-state index contributed by atoms with van der Waals surface area (Å²) in [7, 11) is 0. The molecular weight excluding hydrogens is 258 g/mol. The summed E-state index contributed by atoms with van der Waals surface area (Å²) in [6, 6.07) is 14.8. The van der Waals surface area contributed by atoms with Crippen LogP contribution in [0.15, 0.2) is 54.6 Å². The number of hydrogen-bond acceptors (Lipinski definition) is 1. The molecule has 3 rings (SSSR count). The molecule has 0 saturated carbocycles. The van der Waals surface area contributed by atoms with Gasteiger partial charge in [-0.05, 0) is 42.0 Å². The number of carbonyl (C=O) groups excluding carboxylic acids is 1. The summed E-state index contributed by atoms with van der Waals surface area (Å²) in [5.74, 6) is 0.377. The third kappa shape index (κ3) is 3.33. The maximum atomic E-state index is 12.1. The van der Waals surface area contributed by atoms with Crippen LogP contribution in [0.5, 0.6) is 0 Å². The molecule has 0 aliphatic heterocycles. The smallest absolute Gasteiger partial charge is 0.223 e. The molecule has 1 aliphatic rings. The molecule has 0 aromatic heterocycles. The van der Waals surface area contributed by atoms with Crippen molar-refractivity contribution >= 4 is 16.7 Å². The van der Waals surface area contributed by atoms with Crippen molar-refractivity contribution in [1.82, 2.24) is 5.32 Å². The minimum absolute atomic E-state index is 0.169. The van der Waals surface area contributed by atoms with Gasteiger partial charge < -0.3 is 5.32 Å². The lowest BCUT2D eigenvalue weighted by Crippen LogP contribution is -2.32. The summed E-state index contributed by atoms with van der Waals surface area (Å²) in [4.78, 5) is 12.1. The predicted molar refractivity (Wildman–Crippen MR) is 87.1 cm³/mol. The van der Waals surface area contributed by atoms with Crippen molar-refractivity contribution in [1.29, 1.82) is 0 Å². The van der Waals surface area contributed by atoms with Crippen LogP contribution in [0.25, 0.3) is 10.8 Å². The monoisotopic (exact) mass is 279 g/mol. The molecule has 1 aliphatic carbocycles. The number of benzene rings is 2. The standard InChI is InChI=1S/C19H21NO/c21-19(17-8-2-1-3-9-17)20-14-13-16-11-6-10-15-7-4-5-12-18(15)16/h1-2,4-7,10-12,17H,3,8-9,13-14H2,(H,20,21). The molecule has 0 spiro atoms. The fourth-order valence-electron chi connectivity index (χ4n) is 3.01. The Morgan fingerprint density at radius 2 is 1.95 bits per heavy atom. The largest absolute Gasteiger partial charge is 0.356 e. The number of carbonyl (C=O) groups is 1. The zero-order chi connectivity index (χ0) is 14.5. The maximum absolute atomic E-state index is 12.1. The molecule has 0 bridgehead atoms. The molecule has 2 nitrogen and oxygen atoms in total. The van der Waals surface area contributed by atoms with E-state index in [1.807, 2.05) is 0 Å². The van der Waals surface area contributed by atoms with Gasteiger partial charge in [-0.15, -0.1) is 0 Å². The van der Waals surface area contributed by atoms with Crippen LogP contribution < -0.4 is 5.32 Å². The summed E-state index contributed by atoms with van der Waals surface area (Å²) >= 11 is 0. The predicted octanol–water partition coefficient (Wildman–Crippen LogP) is 3.85. The molecule has 21 heavy (non-hydrogen) atoms. The van der Waals surface area contributed by atoms with Crippen LogP contribution in [0.2, 0.25) is 0 Å². The normalized spacial score (nSPS) is 17.8. The molecule has 1 amide bonds. The zero-order valence-corrected chi connectivity index (χ0v) is 12.2. The molecule has 0 saturated heterocycles. The van der Waals surface area contributed by atoms with Crippen LogP contribution >= 0.6 is 0 Å². The third-order valence-corrected chi connectivity index (χ3v) is 4.21. The van der Waals surface area contributed by atoms with Gasteiger partial charge in [-0.3, -0.25) is 4.79 Å². The van der Waals surface area contributed by atoms with E-state index in [0.29, 0.717) is 6.54 Å². The van der Waals surface area contributed by atoms with E-state index < -0.39 is 0 Å². The maximum Gasteiger partial charge on any atom is 0.223 e. The Labute approximate surface area is 125 Å². The molecule has 1 N–H and O–H groups in total. The van der Waals surface area contributed by atoms with E-state index in [1.165, 1.54) is 16.3 Å². The zero-order valence-electron chi connectivity index (χ0n) is 12.2. The van der Waals surface area contributed by atoms with Crippen LogP contribution in [0.3, 0.4) is 0 Å². The van der Waals surface area contributed by atoms with Gasteiger partial charge in [0.1, 0.15) is 0 Å². The Kier molecular flexibility index (Phi) is 4.34. The van der Waals surface area contributed by atoms with Gasteiger partial charge >= 0.3 is 0 Å². The molecule has 0 fully saturated rings. The molecule has 2 aromatic carbocycles. The highest BCUT2D eigenvalue weighted by Gasteiger charge is 2.17. The summed E-state index contributed by atoms with van der Waals surface area (Å²) in [5, 5.41) is 5.64. The van der Waals surface area contributed by atoms with Crippen LogP contribution in [-0.2, 0) is 11.2 Å². The first kappa shape index (κ1) is 13.9. The summed E-state index contributed by atoms with van der Waals surface area (Å²) in [6.45, 7) is 0.715. The third-order valence-electron chi connectivity index (χ3n) is 4.21. The van der Waals surface area contributed by atoms with Crippen molar-refractivity contribution in [3.8, 4) is 0 Å². The first-order chi connectivity index (χ1) is 10.3. The molecule has 2 heteroatoms. The highest BCUT2D eigenvalue weighted by atomic mass is 16.1. The van der Waals surface area contributed by atoms with E-state index in [-0.39, 0.29) is 11.8 Å². The number of nitrogens with one attached hydrogen (secondary N) is 1. The molecular formula is C19H21NO. The SMILES string of the molecule is O=C(NCCc1cccc2ccccc12)C1CC=CCC1. The van der Waals surface area contributed by atoms with Crippen LogP contribution in [-0.4, -0.2) is 12.5 Å². The number of hydrogen-bond donors (Lipinski definition) is 1. The van der Waals surface area contributed by atoms with Crippen molar-refractivity contribution in [2.24, 2.45) is 5.92 Å². The van der Waals surface area contributed by atoms with Crippen molar-refractivity contribution in [2.75, 3.05) is 6.54 Å². The quantitative estimate of drug-likeness (QED) is 0.846. The lowest BCUT2D eigenvalue weighted by molar-refractivity contribution is -0.125.